The van der Waals surface area contributed by atoms with Gasteiger partial charge in [0.25, 0.3) is 0 Å². The number of furan rings is 1. The number of halogens is 1. The molecule has 0 unspecified atom stereocenters. The summed E-state index contributed by atoms with van der Waals surface area (Å²) in [7, 11) is 3.63. The van der Waals surface area contributed by atoms with Crippen LogP contribution in [0.1, 0.15) is 17.5 Å². The highest BCUT2D eigenvalue weighted by Gasteiger charge is 2.20. The van der Waals surface area contributed by atoms with E-state index in [9.17, 15) is 9.59 Å². The molecule has 1 aromatic heterocycles. The van der Waals surface area contributed by atoms with Crippen molar-refractivity contribution in [2.45, 2.75) is 6.92 Å². The number of fused-ring (bicyclic) bond motifs is 1. The summed E-state index contributed by atoms with van der Waals surface area (Å²) in [5, 5.41) is 3.35. The molecule has 0 saturated carbocycles. The summed E-state index contributed by atoms with van der Waals surface area (Å²) in [4.78, 5) is 25.4. The number of carbonyl (C=O) groups is 2. The molecule has 1 amide bonds. The summed E-state index contributed by atoms with van der Waals surface area (Å²) in [6.07, 6.45) is 3.03. The van der Waals surface area contributed by atoms with E-state index in [2.05, 4.69) is 21.2 Å². The Morgan fingerprint density at radius 1 is 1.33 bits per heavy atom. The minimum Gasteiger partial charge on any atom is -0.450 e. The van der Waals surface area contributed by atoms with Crippen molar-refractivity contribution in [2.75, 3.05) is 19.4 Å². The predicted molar refractivity (Wildman–Crippen MR) is 85.4 cm³/mol. The second-order valence-corrected chi connectivity index (χ2v) is 5.69. The molecule has 0 fully saturated rings. The monoisotopic (exact) mass is 350 g/mol. The van der Waals surface area contributed by atoms with Crippen molar-refractivity contribution in [1.82, 2.24) is 4.90 Å². The van der Waals surface area contributed by atoms with Gasteiger partial charge in [0.05, 0.1) is 5.69 Å². The summed E-state index contributed by atoms with van der Waals surface area (Å²) in [5.41, 5.74) is 0.941. The Balaban J connectivity index is 2.56. The first-order valence-electron chi connectivity index (χ1n) is 6.27. The van der Waals surface area contributed by atoms with Crippen molar-refractivity contribution >= 4 is 44.3 Å². The first-order chi connectivity index (χ1) is 9.88. The Morgan fingerprint density at radius 2 is 2.05 bits per heavy atom. The van der Waals surface area contributed by atoms with Crippen LogP contribution in [0.2, 0.25) is 0 Å². The molecule has 110 valence electrons. The highest BCUT2D eigenvalue weighted by molar-refractivity contribution is 9.10. The van der Waals surface area contributed by atoms with Crippen molar-refractivity contribution in [3.8, 4) is 0 Å². The van der Waals surface area contributed by atoms with Crippen molar-refractivity contribution in [3.05, 3.63) is 40.7 Å². The summed E-state index contributed by atoms with van der Waals surface area (Å²) in [6.45, 7) is 1.39. The first kappa shape index (κ1) is 15.3. The summed E-state index contributed by atoms with van der Waals surface area (Å²) < 4.78 is 6.43. The van der Waals surface area contributed by atoms with Crippen molar-refractivity contribution < 1.29 is 14.0 Å². The molecule has 6 heteroatoms. The van der Waals surface area contributed by atoms with Gasteiger partial charge in [0, 0.05) is 43.2 Å². The van der Waals surface area contributed by atoms with E-state index in [4.69, 9.17) is 4.42 Å². The molecule has 1 N–H and O–H groups in total. The molecule has 0 spiro atoms. The molecule has 0 radical (unpaired) electrons. The van der Waals surface area contributed by atoms with Gasteiger partial charge in [-0.2, -0.15) is 0 Å². The van der Waals surface area contributed by atoms with Crippen LogP contribution in [0.4, 0.5) is 5.69 Å². The predicted octanol–water partition coefficient (Wildman–Crippen LogP) is 3.41. The smallest absolute Gasteiger partial charge is 0.224 e. The van der Waals surface area contributed by atoms with Gasteiger partial charge in [0.15, 0.2) is 5.76 Å². The number of allylic oxidation sites excluding steroid dienone is 1. The molecular formula is C15H15BrN2O3. The molecule has 0 bridgehead atoms. The molecule has 0 aliphatic heterocycles. The van der Waals surface area contributed by atoms with Crippen LogP contribution in [0.15, 0.2) is 39.4 Å². The third-order valence-corrected chi connectivity index (χ3v) is 3.19. The van der Waals surface area contributed by atoms with Crippen LogP contribution >= 0.6 is 15.9 Å². The van der Waals surface area contributed by atoms with Crippen LogP contribution in [0.3, 0.4) is 0 Å². The van der Waals surface area contributed by atoms with E-state index in [-0.39, 0.29) is 17.5 Å². The Kier molecular flexibility index (Phi) is 4.47. The van der Waals surface area contributed by atoms with Gasteiger partial charge in [-0.25, -0.2) is 0 Å². The standard InChI is InChI=1S/C15H15BrN2O3/c1-9(19)17-14-11-8-10(16)4-5-13(11)21-15(14)12(20)6-7-18(2)3/h4-8H,1-3H3,(H,17,19)/b7-6+. The molecule has 21 heavy (non-hydrogen) atoms. The van der Waals surface area contributed by atoms with E-state index in [1.807, 2.05) is 20.2 Å². The highest BCUT2D eigenvalue weighted by atomic mass is 79.9. The Labute approximate surface area is 130 Å². The minimum absolute atomic E-state index is 0.122. The summed E-state index contributed by atoms with van der Waals surface area (Å²) in [6, 6.07) is 5.36. The van der Waals surface area contributed by atoms with Gasteiger partial charge in [0.1, 0.15) is 5.58 Å². The van der Waals surface area contributed by atoms with Crippen LogP contribution < -0.4 is 5.32 Å². The van der Waals surface area contributed by atoms with E-state index < -0.39 is 0 Å². The molecule has 2 aromatic rings. The molecule has 0 saturated heterocycles. The lowest BCUT2D eigenvalue weighted by atomic mass is 10.2. The summed E-state index contributed by atoms with van der Waals surface area (Å²) in [5.74, 6) is -0.445. The quantitative estimate of drug-likeness (QED) is 0.677. The SMILES string of the molecule is CC(=O)Nc1c(C(=O)/C=C/N(C)C)oc2ccc(Br)cc12. The number of hydrogen-bond donors (Lipinski definition) is 1. The average Bonchev–Trinajstić information content (AvgIpc) is 2.74. The fourth-order valence-electron chi connectivity index (χ4n) is 1.84. The number of hydrogen-bond acceptors (Lipinski definition) is 4. The zero-order chi connectivity index (χ0) is 15.6. The van der Waals surface area contributed by atoms with Crippen LogP contribution in [-0.4, -0.2) is 30.7 Å². The fourth-order valence-corrected chi connectivity index (χ4v) is 2.20. The van der Waals surface area contributed by atoms with Gasteiger partial charge in [-0.15, -0.1) is 0 Å². The lowest BCUT2D eigenvalue weighted by Crippen LogP contribution is -2.09. The third kappa shape index (κ3) is 3.52. The number of ketones is 1. The molecular weight excluding hydrogens is 336 g/mol. The lowest BCUT2D eigenvalue weighted by molar-refractivity contribution is -0.114. The Bertz CT molecular complexity index is 732. The second kappa shape index (κ2) is 6.13. The molecule has 0 atom stereocenters. The molecule has 1 heterocycles. The van der Waals surface area contributed by atoms with E-state index in [1.165, 1.54) is 13.0 Å². The van der Waals surface area contributed by atoms with E-state index in [1.54, 1.807) is 23.2 Å². The number of benzene rings is 1. The van der Waals surface area contributed by atoms with Crippen LogP contribution in [0.5, 0.6) is 0 Å². The lowest BCUT2D eigenvalue weighted by Gasteiger charge is -2.03. The largest absolute Gasteiger partial charge is 0.450 e. The molecule has 1 aromatic carbocycles. The number of nitrogens with zero attached hydrogens (tertiary/aromatic N) is 1. The Morgan fingerprint density at radius 3 is 2.67 bits per heavy atom. The van der Waals surface area contributed by atoms with Gasteiger partial charge in [-0.1, -0.05) is 15.9 Å². The second-order valence-electron chi connectivity index (χ2n) is 4.77. The minimum atomic E-state index is -0.306. The van der Waals surface area contributed by atoms with Crippen LogP contribution in [0, 0.1) is 0 Å². The molecule has 0 aliphatic carbocycles. The maximum absolute atomic E-state index is 12.2. The van der Waals surface area contributed by atoms with Gasteiger partial charge < -0.3 is 14.6 Å². The maximum Gasteiger partial charge on any atom is 0.224 e. The van der Waals surface area contributed by atoms with Gasteiger partial charge in [0.2, 0.25) is 11.7 Å². The van der Waals surface area contributed by atoms with Gasteiger partial charge in [-0.05, 0) is 18.2 Å². The van der Waals surface area contributed by atoms with E-state index >= 15 is 0 Å². The fraction of sp³-hybridized carbons (Fsp3) is 0.200. The number of carbonyl (C=O) groups excluding carboxylic acids is 2. The van der Waals surface area contributed by atoms with E-state index in [0.717, 1.165) is 4.47 Å². The topological polar surface area (TPSA) is 62.6 Å². The third-order valence-electron chi connectivity index (χ3n) is 2.70. The summed E-state index contributed by atoms with van der Waals surface area (Å²) >= 11 is 3.37. The Hall–Kier alpha value is -2.08. The van der Waals surface area contributed by atoms with Crippen LogP contribution in [0.25, 0.3) is 11.0 Å². The normalized spacial score (nSPS) is 11.0. The zero-order valence-electron chi connectivity index (χ0n) is 11.9. The highest BCUT2D eigenvalue weighted by Crippen LogP contribution is 2.33. The van der Waals surface area contributed by atoms with Gasteiger partial charge >= 0.3 is 0 Å². The van der Waals surface area contributed by atoms with E-state index in [0.29, 0.717) is 16.7 Å². The average molecular weight is 351 g/mol. The molecule has 0 aliphatic rings. The van der Waals surface area contributed by atoms with Gasteiger partial charge in [-0.3, -0.25) is 9.59 Å². The van der Waals surface area contributed by atoms with Crippen LogP contribution in [-0.2, 0) is 4.79 Å². The number of rotatable bonds is 4. The zero-order valence-corrected chi connectivity index (χ0v) is 13.5. The number of amides is 1. The van der Waals surface area contributed by atoms with Crippen molar-refractivity contribution in [3.63, 3.8) is 0 Å². The molecule has 5 nitrogen and oxygen atoms in total. The number of nitrogens with one attached hydrogen (secondary N) is 1. The number of anilines is 1. The van der Waals surface area contributed by atoms with Crippen molar-refractivity contribution in [1.29, 1.82) is 0 Å². The maximum atomic E-state index is 12.2. The molecule has 2 rings (SSSR count). The van der Waals surface area contributed by atoms with Crippen molar-refractivity contribution in [2.24, 2.45) is 0 Å². The first-order valence-corrected chi connectivity index (χ1v) is 7.06.